The van der Waals surface area contributed by atoms with Crippen LogP contribution in [0.2, 0.25) is 0 Å². The number of aliphatic imine (C=N–C) groups is 2. The molecule has 4 nitrogen and oxygen atoms in total. The van der Waals surface area contributed by atoms with E-state index in [0.29, 0.717) is 0 Å². The molecular weight excluding hydrogens is 665 g/mol. The lowest BCUT2D eigenvalue weighted by Gasteiger charge is -2.32. The van der Waals surface area contributed by atoms with E-state index in [9.17, 15) is 0 Å². The molecule has 1 aliphatic rings. The van der Waals surface area contributed by atoms with Crippen molar-refractivity contribution in [2.75, 3.05) is 7.05 Å². The molecule has 0 spiro atoms. The van der Waals surface area contributed by atoms with Gasteiger partial charge in [0.25, 0.3) is 0 Å². The van der Waals surface area contributed by atoms with Crippen LogP contribution in [0.15, 0.2) is 192 Å². The topological polar surface area (TPSA) is 32.9 Å². The summed E-state index contributed by atoms with van der Waals surface area (Å²) in [5.41, 5.74) is 10.3. The Bertz CT molecular complexity index is 2830. The number of para-hydroxylation sites is 1. The van der Waals surface area contributed by atoms with E-state index in [4.69, 9.17) is 9.98 Å². The normalized spacial score (nSPS) is 14.5. The van der Waals surface area contributed by atoms with Gasteiger partial charge in [-0.15, -0.1) is 11.3 Å². The molecule has 0 bridgehead atoms. The summed E-state index contributed by atoms with van der Waals surface area (Å²) >= 11 is 1.89. The van der Waals surface area contributed by atoms with Gasteiger partial charge in [-0.1, -0.05) is 158 Å². The standard InChI is InChI=1S/C48H34N4S/c1-51-47(34-21-10-4-11-22-34)49-46(50-48(51)35-23-12-5-13-24-35)36-25-16-26-37(31-36)52-40-28-15-14-27-38(40)43-41(52)30-29-39-42(32-17-6-2-7-18-32)44(53-45(39)43)33-19-8-3-9-20-33/h2-31,47H,1H3/t47-/m0/s1. The Balaban J connectivity index is 1.18. The van der Waals surface area contributed by atoms with E-state index in [1.165, 1.54) is 53.5 Å². The number of fused-ring (bicyclic) bond motifs is 5. The first-order valence-electron chi connectivity index (χ1n) is 17.9. The Morgan fingerprint density at radius 2 is 1.15 bits per heavy atom. The number of amidine groups is 2. The average Bonchev–Trinajstić information content (AvgIpc) is 3.79. The van der Waals surface area contributed by atoms with Crippen LogP contribution in [-0.4, -0.2) is 28.2 Å². The van der Waals surface area contributed by atoms with E-state index in [2.05, 4.69) is 186 Å². The Morgan fingerprint density at radius 3 is 1.89 bits per heavy atom. The largest absolute Gasteiger partial charge is 0.333 e. The fraction of sp³-hybridized carbons (Fsp3) is 0.0417. The highest BCUT2D eigenvalue weighted by atomic mass is 32.1. The molecule has 0 aliphatic carbocycles. The summed E-state index contributed by atoms with van der Waals surface area (Å²) < 4.78 is 3.71. The minimum atomic E-state index is -0.208. The lowest BCUT2D eigenvalue weighted by molar-refractivity contribution is 0.383. The number of hydrogen-bond donors (Lipinski definition) is 0. The molecular formula is C48H34N4S. The Kier molecular flexibility index (Phi) is 7.59. The first-order valence-corrected chi connectivity index (χ1v) is 18.7. The molecule has 0 saturated carbocycles. The number of nitrogens with zero attached hydrogens (tertiary/aromatic N) is 4. The first kappa shape index (κ1) is 31.2. The zero-order chi connectivity index (χ0) is 35.3. The van der Waals surface area contributed by atoms with Crippen LogP contribution < -0.4 is 0 Å². The van der Waals surface area contributed by atoms with Crippen LogP contribution in [0.25, 0.3) is 59.1 Å². The molecule has 5 heteroatoms. The van der Waals surface area contributed by atoms with Gasteiger partial charge < -0.3 is 9.47 Å². The smallest absolute Gasteiger partial charge is 0.159 e. The Morgan fingerprint density at radius 1 is 0.528 bits per heavy atom. The van der Waals surface area contributed by atoms with Crippen molar-refractivity contribution in [3.8, 4) is 27.3 Å². The number of aromatic nitrogens is 1. The zero-order valence-corrected chi connectivity index (χ0v) is 29.9. The second-order valence-corrected chi connectivity index (χ2v) is 14.4. The van der Waals surface area contributed by atoms with Crippen molar-refractivity contribution < 1.29 is 0 Å². The predicted octanol–water partition coefficient (Wildman–Crippen LogP) is 12.2. The summed E-state index contributed by atoms with van der Waals surface area (Å²) in [4.78, 5) is 14.0. The van der Waals surface area contributed by atoms with Crippen molar-refractivity contribution in [2.45, 2.75) is 6.17 Å². The lowest BCUT2D eigenvalue weighted by atomic mass is 9.98. The van der Waals surface area contributed by atoms with Gasteiger partial charge in [-0.2, -0.15) is 0 Å². The summed E-state index contributed by atoms with van der Waals surface area (Å²) in [5.74, 6) is 1.62. The predicted molar refractivity (Wildman–Crippen MR) is 223 cm³/mol. The van der Waals surface area contributed by atoms with Gasteiger partial charge in [-0.05, 0) is 41.0 Å². The summed E-state index contributed by atoms with van der Waals surface area (Å²) in [6.45, 7) is 0. The van der Waals surface area contributed by atoms with Crippen LogP contribution in [0, 0.1) is 0 Å². The van der Waals surface area contributed by atoms with Gasteiger partial charge in [-0.3, -0.25) is 0 Å². The van der Waals surface area contributed by atoms with Crippen LogP contribution in [-0.2, 0) is 0 Å². The molecule has 10 rings (SSSR count). The maximum atomic E-state index is 5.28. The third-order valence-electron chi connectivity index (χ3n) is 10.2. The first-order chi connectivity index (χ1) is 26.2. The van der Waals surface area contributed by atoms with E-state index in [-0.39, 0.29) is 6.17 Å². The number of hydrogen-bond acceptors (Lipinski definition) is 4. The van der Waals surface area contributed by atoms with Gasteiger partial charge in [0, 0.05) is 55.2 Å². The number of benzene rings is 7. The molecule has 0 radical (unpaired) electrons. The third-order valence-corrected chi connectivity index (χ3v) is 11.5. The van der Waals surface area contributed by atoms with Crippen molar-refractivity contribution in [3.05, 3.63) is 199 Å². The van der Waals surface area contributed by atoms with E-state index < -0.39 is 0 Å². The molecule has 0 saturated heterocycles. The molecule has 53 heavy (non-hydrogen) atoms. The molecule has 7 aromatic carbocycles. The molecule has 0 unspecified atom stereocenters. The highest BCUT2D eigenvalue weighted by Crippen LogP contribution is 2.49. The van der Waals surface area contributed by atoms with Gasteiger partial charge in [0.2, 0.25) is 0 Å². The van der Waals surface area contributed by atoms with Gasteiger partial charge >= 0.3 is 0 Å². The quantitative estimate of drug-likeness (QED) is 0.170. The summed E-state index contributed by atoms with van der Waals surface area (Å²) in [6, 6.07) is 64.6. The van der Waals surface area contributed by atoms with E-state index >= 15 is 0 Å². The van der Waals surface area contributed by atoms with Crippen LogP contribution in [0.1, 0.15) is 22.9 Å². The van der Waals surface area contributed by atoms with Crippen LogP contribution >= 0.6 is 11.3 Å². The third kappa shape index (κ3) is 5.28. The van der Waals surface area contributed by atoms with Crippen molar-refractivity contribution in [1.82, 2.24) is 9.47 Å². The maximum Gasteiger partial charge on any atom is 0.159 e. The second-order valence-electron chi connectivity index (χ2n) is 13.4. The Labute approximate surface area is 312 Å². The van der Waals surface area contributed by atoms with E-state index in [0.717, 1.165) is 34.0 Å². The van der Waals surface area contributed by atoms with E-state index in [1.54, 1.807) is 0 Å². The van der Waals surface area contributed by atoms with Gasteiger partial charge in [0.15, 0.2) is 5.84 Å². The highest BCUT2D eigenvalue weighted by Gasteiger charge is 2.27. The average molecular weight is 699 g/mol. The number of thiophene rings is 1. The highest BCUT2D eigenvalue weighted by molar-refractivity contribution is 7.24. The minimum Gasteiger partial charge on any atom is -0.333 e. The molecule has 3 heterocycles. The fourth-order valence-electron chi connectivity index (χ4n) is 7.80. The molecule has 2 aromatic heterocycles. The summed E-state index contributed by atoms with van der Waals surface area (Å²) in [7, 11) is 2.08. The monoisotopic (exact) mass is 698 g/mol. The van der Waals surface area contributed by atoms with E-state index in [1.807, 2.05) is 23.5 Å². The van der Waals surface area contributed by atoms with Crippen molar-refractivity contribution in [2.24, 2.45) is 9.98 Å². The molecule has 1 aliphatic heterocycles. The second kappa shape index (κ2) is 12.9. The van der Waals surface area contributed by atoms with Crippen molar-refractivity contribution in [1.29, 1.82) is 0 Å². The molecule has 252 valence electrons. The SMILES string of the molecule is CN1C(c2ccccc2)=NC(c2cccc(-n3c4ccccc4c4c5sc(-c6ccccc6)c(-c6ccccc6)c5ccc43)c2)=N[C@@H]1c1ccccc1. The summed E-state index contributed by atoms with van der Waals surface area (Å²) in [5, 5.41) is 3.79. The van der Waals surface area contributed by atoms with Crippen molar-refractivity contribution >= 4 is 54.9 Å². The van der Waals surface area contributed by atoms with Crippen LogP contribution in [0.4, 0.5) is 0 Å². The van der Waals surface area contributed by atoms with Gasteiger partial charge in [-0.25, -0.2) is 9.98 Å². The van der Waals surface area contributed by atoms with Crippen molar-refractivity contribution in [3.63, 3.8) is 0 Å². The fourth-order valence-corrected chi connectivity index (χ4v) is 9.18. The number of rotatable bonds is 6. The molecule has 0 amide bonds. The Hall–Kier alpha value is -6.56. The molecule has 9 aromatic rings. The summed E-state index contributed by atoms with van der Waals surface area (Å²) in [6.07, 6.45) is -0.208. The van der Waals surface area contributed by atoms with Crippen LogP contribution in [0.5, 0.6) is 0 Å². The zero-order valence-electron chi connectivity index (χ0n) is 29.1. The van der Waals surface area contributed by atoms with Gasteiger partial charge in [0.1, 0.15) is 12.0 Å². The minimum absolute atomic E-state index is 0.208. The molecule has 1 atom stereocenters. The molecule has 0 fully saturated rings. The molecule has 0 N–H and O–H groups in total. The van der Waals surface area contributed by atoms with Gasteiger partial charge in [0.05, 0.1) is 11.0 Å². The maximum absolute atomic E-state index is 5.28. The van der Waals surface area contributed by atoms with Crippen LogP contribution in [0.3, 0.4) is 0 Å². The lowest BCUT2D eigenvalue weighted by Crippen LogP contribution is -2.35.